The molecular formula is C11H17ClN4O3S. The molecule has 0 amide bonds. The molecule has 1 aliphatic rings. The lowest BCUT2D eigenvalue weighted by Gasteiger charge is -2.25. The number of nitrogens with two attached hydrogens (primary N) is 1. The van der Waals surface area contributed by atoms with E-state index in [0.29, 0.717) is 25.7 Å². The molecule has 20 heavy (non-hydrogen) atoms. The summed E-state index contributed by atoms with van der Waals surface area (Å²) < 4.78 is 27.0. The lowest BCUT2D eigenvalue weighted by atomic mass is 9.94. The Labute approximate surface area is 122 Å². The molecule has 0 bridgehead atoms. The number of pyridine rings is 1. The Morgan fingerprint density at radius 2 is 2.00 bits per heavy atom. The van der Waals surface area contributed by atoms with E-state index in [1.807, 2.05) is 0 Å². The molecule has 9 heteroatoms. The highest BCUT2D eigenvalue weighted by Crippen LogP contribution is 2.24. The summed E-state index contributed by atoms with van der Waals surface area (Å²) in [5.74, 6) is 5.40. The van der Waals surface area contributed by atoms with Crippen LogP contribution in [0.15, 0.2) is 17.2 Å². The number of nitrogens with one attached hydrogen (secondary N) is 2. The first-order valence-electron chi connectivity index (χ1n) is 6.25. The van der Waals surface area contributed by atoms with Crippen molar-refractivity contribution < 1.29 is 13.5 Å². The molecule has 0 aromatic carbocycles. The Bertz CT molecular complexity index is 573. The summed E-state index contributed by atoms with van der Waals surface area (Å²) in [6.07, 6.45) is 3.29. The first kappa shape index (κ1) is 15.5. The van der Waals surface area contributed by atoms with E-state index in [4.69, 9.17) is 17.4 Å². The number of rotatable bonds is 4. The maximum atomic E-state index is 12.2. The maximum absolute atomic E-state index is 12.2. The number of aliphatic hydroxyl groups is 1. The van der Waals surface area contributed by atoms with Gasteiger partial charge in [-0.15, -0.1) is 0 Å². The third-order valence-electron chi connectivity index (χ3n) is 3.28. The molecule has 1 saturated carbocycles. The highest BCUT2D eigenvalue weighted by molar-refractivity contribution is 7.89. The third kappa shape index (κ3) is 3.58. The van der Waals surface area contributed by atoms with Crippen molar-refractivity contribution in [2.75, 3.05) is 5.43 Å². The second-order valence-electron chi connectivity index (χ2n) is 4.77. The molecule has 1 aliphatic carbocycles. The number of anilines is 1. The minimum atomic E-state index is -3.67. The number of hydrogen-bond acceptors (Lipinski definition) is 6. The van der Waals surface area contributed by atoms with E-state index < -0.39 is 10.0 Å². The summed E-state index contributed by atoms with van der Waals surface area (Å²) in [6.45, 7) is 0. The number of aromatic nitrogens is 1. The Balaban J connectivity index is 2.12. The largest absolute Gasteiger partial charge is 0.393 e. The van der Waals surface area contributed by atoms with Crippen LogP contribution in [0.3, 0.4) is 0 Å². The van der Waals surface area contributed by atoms with Gasteiger partial charge < -0.3 is 10.5 Å². The molecule has 0 unspecified atom stereocenters. The number of nitrogens with zero attached hydrogens (tertiary/aromatic N) is 1. The predicted molar refractivity (Wildman–Crippen MR) is 75.6 cm³/mol. The van der Waals surface area contributed by atoms with Crippen LogP contribution in [0.1, 0.15) is 25.7 Å². The van der Waals surface area contributed by atoms with Crippen LogP contribution in [-0.4, -0.2) is 30.7 Å². The molecular weight excluding hydrogens is 304 g/mol. The van der Waals surface area contributed by atoms with Crippen molar-refractivity contribution in [2.24, 2.45) is 5.84 Å². The van der Waals surface area contributed by atoms with Gasteiger partial charge in [0.15, 0.2) is 5.82 Å². The van der Waals surface area contributed by atoms with Crippen LogP contribution in [-0.2, 0) is 10.0 Å². The number of sulfonamides is 1. The SMILES string of the molecule is NNc1ncc(S(=O)(=O)NC2CCC(O)CC2)cc1Cl. The van der Waals surface area contributed by atoms with Crippen LogP contribution in [0, 0.1) is 0 Å². The van der Waals surface area contributed by atoms with Gasteiger partial charge in [-0.25, -0.2) is 24.0 Å². The molecule has 1 fully saturated rings. The zero-order chi connectivity index (χ0) is 14.8. The molecule has 0 atom stereocenters. The van der Waals surface area contributed by atoms with Crippen LogP contribution < -0.4 is 16.0 Å². The van der Waals surface area contributed by atoms with Gasteiger partial charge in [0.25, 0.3) is 0 Å². The van der Waals surface area contributed by atoms with Crippen molar-refractivity contribution in [2.45, 2.75) is 42.7 Å². The molecule has 0 spiro atoms. The molecule has 1 heterocycles. The van der Waals surface area contributed by atoms with Crippen LogP contribution in [0.25, 0.3) is 0 Å². The van der Waals surface area contributed by atoms with Crippen molar-refractivity contribution in [1.29, 1.82) is 0 Å². The molecule has 2 rings (SSSR count). The summed E-state index contributed by atoms with van der Waals surface area (Å²) in [6, 6.07) is 1.12. The predicted octanol–water partition coefficient (Wildman–Crippen LogP) is 0.602. The second-order valence-corrected chi connectivity index (χ2v) is 6.89. The summed E-state index contributed by atoms with van der Waals surface area (Å²) in [4.78, 5) is 3.83. The van der Waals surface area contributed by atoms with E-state index >= 15 is 0 Å². The summed E-state index contributed by atoms with van der Waals surface area (Å²) in [5.41, 5.74) is 2.27. The van der Waals surface area contributed by atoms with Crippen molar-refractivity contribution in [3.05, 3.63) is 17.3 Å². The van der Waals surface area contributed by atoms with Gasteiger partial charge in [0.1, 0.15) is 4.90 Å². The van der Waals surface area contributed by atoms with Gasteiger partial charge in [0.2, 0.25) is 10.0 Å². The first-order valence-corrected chi connectivity index (χ1v) is 8.11. The van der Waals surface area contributed by atoms with Crippen LogP contribution in [0.5, 0.6) is 0 Å². The monoisotopic (exact) mass is 320 g/mol. The van der Waals surface area contributed by atoms with Crippen molar-refractivity contribution >= 4 is 27.4 Å². The van der Waals surface area contributed by atoms with E-state index in [0.717, 1.165) is 0 Å². The highest BCUT2D eigenvalue weighted by Gasteiger charge is 2.25. The van der Waals surface area contributed by atoms with E-state index in [1.165, 1.54) is 12.3 Å². The molecule has 5 N–H and O–H groups in total. The van der Waals surface area contributed by atoms with Gasteiger partial charge in [0, 0.05) is 12.2 Å². The normalized spacial score (nSPS) is 23.6. The van der Waals surface area contributed by atoms with Crippen molar-refractivity contribution in [1.82, 2.24) is 9.71 Å². The fourth-order valence-electron chi connectivity index (χ4n) is 2.15. The standard InChI is InChI=1S/C11H17ClN4O3S/c12-10-5-9(6-14-11(10)15-13)20(18,19)16-7-1-3-8(17)4-2-7/h5-8,16-17H,1-4,13H2,(H,14,15). The quantitative estimate of drug-likeness (QED) is 0.477. The average Bonchev–Trinajstić information content (AvgIpc) is 2.41. The Kier molecular flexibility index (Phi) is 4.82. The summed E-state index contributed by atoms with van der Waals surface area (Å²) >= 11 is 5.87. The first-order chi connectivity index (χ1) is 9.42. The molecule has 112 valence electrons. The second kappa shape index (κ2) is 6.23. The fraction of sp³-hybridized carbons (Fsp3) is 0.545. The lowest BCUT2D eigenvalue weighted by molar-refractivity contribution is 0.120. The molecule has 1 aromatic heterocycles. The van der Waals surface area contributed by atoms with Crippen LogP contribution in [0.2, 0.25) is 5.02 Å². The average molecular weight is 321 g/mol. The number of nitrogen functional groups attached to an aromatic ring is 1. The topological polar surface area (TPSA) is 117 Å². The number of halogens is 1. The zero-order valence-electron chi connectivity index (χ0n) is 10.7. The Hall–Kier alpha value is -0.930. The van der Waals surface area contributed by atoms with Gasteiger partial charge >= 0.3 is 0 Å². The van der Waals surface area contributed by atoms with Gasteiger partial charge in [-0.3, -0.25) is 0 Å². The number of hydrogen-bond donors (Lipinski definition) is 4. The highest BCUT2D eigenvalue weighted by atomic mass is 35.5. The zero-order valence-corrected chi connectivity index (χ0v) is 12.3. The molecule has 0 radical (unpaired) electrons. The lowest BCUT2D eigenvalue weighted by Crippen LogP contribution is -2.38. The Morgan fingerprint density at radius 3 is 2.55 bits per heavy atom. The van der Waals surface area contributed by atoms with Crippen molar-refractivity contribution in [3.63, 3.8) is 0 Å². The summed E-state index contributed by atoms with van der Waals surface area (Å²) in [5, 5.41) is 9.55. The molecule has 1 aromatic rings. The van der Waals surface area contributed by atoms with E-state index in [9.17, 15) is 13.5 Å². The molecule has 7 nitrogen and oxygen atoms in total. The molecule has 0 aliphatic heterocycles. The van der Waals surface area contributed by atoms with Crippen LogP contribution in [0.4, 0.5) is 5.82 Å². The maximum Gasteiger partial charge on any atom is 0.242 e. The summed E-state index contributed by atoms with van der Waals surface area (Å²) in [7, 11) is -3.67. The smallest absolute Gasteiger partial charge is 0.242 e. The van der Waals surface area contributed by atoms with E-state index in [-0.39, 0.29) is 27.9 Å². The Morgan fingerprint density at radius 1 is 1.35 bits per heavy atom. The van der Waals surface area contributed by atoms with E-state index in [2.05, 4.69) is 15.1 Å². The van der Waals surface area contributed by atoms with E-state index in [1.54, 1.807) is 0 Å². The minimum Gasteiger partial charge on any atom is -0.393 e. The fourth-order valence-corrected chi connectivity index (χ4v) is 3.72. The van der Waals surface area contributed by atoms with Gasteiger partial charge in [-0.2, -0.15) is 0 Å². The number of hydrazine groups is 1. The van der Waals surface area contributed by atoms with Crippen LogP contribution >= 0.6 is 11.6 Å². The molecule has 0 saturated heterocycles. The van der Waals surface area contributed by atoms with Gasteiger partial charge in [0.05, 0.1) is 11.1 Å². The van der Waals surface area contributed by atoms with Crippen molar-refractivity contribution in [3.8, 4) is 0 Å². The van der Waals surface area contributed by atoms with Gasteiger partial charge in [-0.1, -0.05) is 11.6 Å². The van der Waals surface area contributed by atoms with Gasteiger partial charge in [-0.05, 0) is 31.7 Å². The third-order valence-corrected chi connectivity index (χ3v) is 5.06. The number of aliphatic hydroxyl groups excluding tert-OH is 1. The minimum absolute atomic E-state index is 0.00683.